The molecule has 23 heavy (non-hydrogen) atoms. The fourth-order valence-corrected chi connectivity index (χ4v) is 3.61. The molecule has 1 amide bonds. The molecule has 8 heteroatoms. The zero-order valence-corrected chi connectivity index (χ0v) is 13.6. The zero-order chi connectivity index (χ0) is 16.2. The number of anilines is 1. The summed E-state index contributed by atoms with van der Waals surface area (Å²) in [5.74, 6) is 1.21. The SMILES string of the molecule is NC[C@H]1CC[C@H](Nc2nccc(/C=C3\SC(=O)NC3O)n2)CC1. The van der Waals surface area contributed by atoms with Crippen LogP contribution in [0.2, 0.25) is 0 Å². The first kappa shape index (κ1) is 16.2. The summed E-state index contributed by atoms with van der Waals surface area (Å²) in [6.07, 6.45) is 6.83. The van der Waals surface area contributed by atoms with E-state index < -0.39 is 6.23 Å². The van der Waals surface area contributed by atoms with Crippen LogP contribution in [0.1, 0.15) is 31.4 Å². The predicted molar refractivity (Wildman–Crippen MR) is 90.6 cm³/mol. The quantitative estimate of drug-likeness (QED) is 0.660. The molecule has 2 aliphatic rings. The summed E-state index contributed by atoms with van der Waals surface area (Å²) in [5.41, 5.74) is 6.38. The standard InChI is InChI=1S/C15H21N5O2S/c16-8-9-1-3-10(4-2-9)18-14-17-6-5-11(19-14)7-12-13(21)20-15(22)23-12/h5-7,9-10,13,21H,1-4,8,16H2,(H,20,22)(H,17,18,19)/b12-7-/t9-,10-,13?. The third kappa shape index (κ3) is 4.21. The summed E-state index contributed by atoms with van der Waals surface area (Å²) < 4.78 is 0. The molecule has 1 aliphatic heterocycles. The van der Waals surface area contributed by atoms with Gasteiger partial charge in [-0.05, 0) is 62.1 Å². The number of hydrogen-bond donors (Lipinski definition) is 4. The molecule has 1 atom stereocenters. The number of amides is 1. The fourth-order valence-electron chi connectivity index (χ4n) is 2.88. The maximum atomic E-state index is 11.2. The molecule has 2 heterocycles. The number of hydrogen-bond acceptors (Lipinski definition) is 7. The maximum absolute atomic E-state index is 11.2. The van der Waals surface area contributed by atoms with Gasteiger partial charge in [0.1, 0.15) is 0 Å². The monoisotopic (exact) mass is 335 g/mol. The lowest BCUT2D eigenvalue weighted by Crippen LogP contribution is -2.29. The Kier molecular flexibility index (Phi) is 5.14. The van der Waals surface area contributed by atoms with E-state index in [0.29, 0.717) is 28.5 Å². The number of nitrogens with zero attached hydrogens (tertiary/aromatic N) is 2. The van der Waals surface area contributed by atoms with E-state index in [1.54, 1.807) is 18.3 Å². The third-order valence-electron chi connectivity index (χ3n) is 4.22. The van der Waals surface area contributed by atoms with Gasteiger partial charge in [-0.1, -0.05) is 0 Å². The molecule has 0 bridgehead atoms. The van der Waals surface area contributed by atoms with Crippen LogP contribution in [0.15, 0.2) is 17.2 Å². The van der Waals surface area contributed by atoms with Crippen LogP contribution in [0.25, 0.3) is 6.08 Å². The second-order valence-corrected chi connectivity index (χ2v) is 6.93. The minimum Gasteiger partial charge on any atom is -0.369 e. The Bertz CT molecular complexity index is 601. The number of thioether (sulfide) groups is 1. The van der Waals surface area contributed by atoms with Gasteiger partial charge in [0.05, 0.1) is 5.69 Å². The molecule has 124 valence electrons. The highest BCUT2D eigenvalue weighted by Crippen LogP contribution is 2.28. The van der Waals surface area contributed by atoms with Crippen LogP contribution < -0.4 is 16.4 Å². The number of aliphatic hydroxyl groups excluding tert-OH is 1. The lowest BCUT2D eigenvalue weighted by atomic mass is 9.86. The van der Waals surface area contributed by atoms with E-state index in [0.717, 1.165) is 44.0 Å². The van der Waals surface area contributed by atoms with Gasteiger partial charge in [0.15, 0.2) is 6.23 Å². The first-order valence-corrected chi connectivity index (χ1v) is 8.63. The molecule has 0 aromatic carbocycles. The fraction of sp³-hybridized carbons (Fsp3) is 0.533. The normalized spacial score (nSPS) is 29.6. The van der Waals surface area contributed by atoms with E-state index in [2.05, 4.69) is 20.6 Å². The van der Waals surface area contributed by atoms with Crippen molar-refractivity contribution in [1.82, 2.24) is 15.3 Å². The number of carbonyl (C=O) groups excluding carboxylic acids is 1. The van der Waals surface area contributed by atoms with Crippen molar-refractivity contribution < 1.29 is 9.90 Å². The van der Waals surface area contributed by atoms with Crippen molar-refractivity contribution in [2.24, 2.45) is 11.7 Å². The van der Waals surface area contributed by atoms with E-state index in [1.807, 2.05) is 0 Å². The minimum atomic E-state index is -0.953. The van der Waals surface area contributed by atoms with Crippen molar-refractivity contribution in [2.45, 2.75) is 38.0 Å². The zero-order valence-electron chi connectivity index (χ0n) is 12.7. The highest BCUT2D eigenvalue weighted by molar-refractivity contribution is 8.17. The average Bonchev–Trinajstić information content (AvgIpc) is 2.86. The number of aliphatic hydroxyl groups is 1. The summed E-state index contributed by atoms with van der Waals surface area (Å²) in [7, 11) is 0. The van der Waals surface area contributed by atoms with Gasteiger partial charge in [0.25, 0.3) is 5.24 Å². The average molecular weight is 335 g/mol. The van der Waals surface area contributed by atoms with Gasteiger partial charge in [0, 0.05) is 17.1 Å². The Balaban J connectivity index is 1.64. The number of carbonyl (C=O) groups is 1. The molecular formula is C15H21N5O2S. The Morgan fingerprint density at radius 1 is 1.43 bits per heavy atom. The number of nitrogens with one attached hydrogen (secondary N) is 2. The summed E-state index contributed by atoms with van der Waals surface area (Å²) in [6.45, 7) is 0.763. The Hall–Kier alpha value is -1.64. The largest absolute Gasteiger partial charge is 0.369 e. The Labute approximate surface area is 139 Å². The number of nitrogens with two attached hydrogens (primary N) is 1. The third-order valence-corrected chi connectivity index (χ3v) is 5.10. The molecule has 1 saturated heterocycles. The second kappa shape index (κ2) is 7.29. The minimum absolute atomic E-state index is 0.257. The Morgan fingerprint density at radius 3 is 2.87 bits per heavy atom. The highest BCUT2D eigenvalue weighted by Gasteiger charge is 2.25. The summed E-state index contributed by atoms with van der Waals surface area (Å²) in [5, 5.41) is 15.2. The molecule has 1 unspecified atom stereocenters. The molecule has 1 saturated carbocycles. The van der Waals surface area contributed by atoms with Crippen molar-refractivity contribution in [2.75, 3.05) is 11.9 Å². The van der Waals surface area contributed by atoms with Crippen molar-refractivity contribution >= 4 is 29.0 Å². The molecule has 1 aromatic heterocycles. The van der Waals surface area contributed by atoms with Crippen molar-refractivity contribution in [3.63, 3.8) is 0 Å². The lowest BCUT2D eigenvalue weighted by Gasteiger charge is -2.28. The smallest absolute Gasteiger partial charge is 0.285 e. The Morgan fingerprint density at radius 2 is 2.22 bits per heavy atom. The second-order valence-electron chi connectivity index (χ2n) is 5.89. The number of rotatable bonds is 4. The van der Waals surface area contributed by atoms with Crippen LogP contribution in [0.4, 0.5) is 10.7 Å². The van der Waals surface area contributed by atoms with Gasteiger partial charge < -0.3 is 21.5 Å². The van der Waals surface area contributed by atoms with E-state index in [4.69, 9.17) is 5.73 Å². The molecule has 1 aromatic rings. The van der Waals surface area contributed by atoms with Crippen LogP contribution in [0, 0.1) is 5.92 Å². The van der Waals surface area contributed by atoms with Gasteiger partial charge in [-0.3, -0.25) is 4.79 Å². The van der Waals surface area contributed by atoms with Gasteiger partial charge in [-0.2, -0.15) is 0 Å². The molecular weight excluding hydrogens is 314 g/mol. The predicted octanol–water partition coefficient (Wildman–Crippen LogP) is 1.52. The van der Waals surface area contributed by atoms with E-state index >= 15 is 0 Å². The molecule has 7 nitrogen and oxygen atoms in total. The molecule has 3 rings (SSSR count). The highest BCUT2D eigenvalue weighted by atomic mass is 32.2. The van der Waals surface area contributed by atoms with Crippen LogP contribution >= 0.6 is 11.8 Å². The molecule has 0 spiro atoms. The summed E-state index contributed by atoms with van der Waals surface area (Å²) in [6, 6.07) is 2.12. The van der Waals surface area contributed by atoms with Crippen LogP contribution in [-0.2, 0) is 0 Å². The van der Waals surface area contributed by atoms with Gasteiger partial charge >= 0.3 is 0 Å². The van der Waals surface area contributed by atoms with Gasteiger partial charge in [0.2, 0.25) is 5.95 Å². The summed E-state index contributed by atoms with van der Waals surface area (Å²) in [4.78, 5) is 20.5. The van der Waals surface area contributed by atoms with Crippen LogP contribution in [-0.4, -0.2) is 39.1 Å². The van der Waals surface area contributed by atoms with E-state index in [9.17, 15) is 9.90 Å². The van der Waals surface area contributed by atoms with Gasteiger partial charge in [-0.25, -0.2) is 9.97 Å². The van der Waals surface area contributed by atoms with Crippen LogP contribution in [0.5, 0.6) is 0 Å². The first-order chi connectivity index (χ1) is 11.1. The molecule has 0 radical (unpaired) electrons. The van der Waals surface area contributed by atoms with E-state index in [1.165, 1.54) is 0 Å². The van der Waals surface area contributed by atoms with Crippen LogP contribution in [0.3, 0.4) is 0 Å². The van der Waals surface area contributed by atoms with E-state index in [-0.39, 0.29) is 5.24 Å². The van der Waals surface area contributed by atoms with Gasteiger partial charge in [-0.15, -0.1) is 0 Å². The molecule has 1 aliphatic carbocycles. The van der Waals surface area contributed by atoms with Crippen molar-refractivity contribution in [1.29, 1.82) is 0 Å². The first-order valence-electron chi connectivity index (χ1n) is 7.81. The lowest BCUT2D eigenvalue weighted by molar-refractivity contribution is 0.192. The summed E-state index contributed by atoms with van der Waals surface area (Å²) >= 11 is 0.981. The van der Waals surface area contributed by atoms with Crippen molar-refractivity contribution in [3.8, 4) is 0 Å². The topological polar surface area (TPSA) is 113 Å². The molecule has 5 N–H and O–H groups in total. The number of aromatic nitrogens is 2. The maximum Gasteiger partial charge on any atom is 0.285 e. The molecule has 2 fully saturated rings. The van der Waals surface area contributed by atoms with Crippen molar-refractivity contribution in [3.05, 3.63) is 22.9 Å².